The van der Waals surface area contributed by atoms with Crippen molar-refractivity contribution >= 4 is 27.5 Å². The van der Waals surface area contributed by atoms with Crippen LogP contribution in [0.25, 0.3) is 0 Å². The summed E-state index contributed by atoms with van der Waals surface area (Å²) in [4.78, 5) is 28.3. The number of sulfonamides is 1. The summed E-state index contributed by atoms with van der Waals surface area (Å²) in [7, 11) is -4.09. The molecule has 8 heteroatoms. The van der Waals surface area contributed by atoms with Gasteiger partial charge in [0.15, 0.2) is 0 Å². The molecular weight excluding hydrogens is 498 g/mol. The third kappa shape index (κ3) is 6.42. The maximum absolute atomic E-state index is 14.0. The third-order valence-electron chi connectivity index (χ3n) is 6.85. The number of aryl methyl sites for hydroxylation is 3. The largest absolute Gasteiger partial charge is 0.355 e. The lowest BCUT2D eigenvalue weighted by atomic mass is 10.1. The fourth-order valence-electron chi connectivity index (χ4n) is 4.23. The number of anilines is 1. The van der Waals surface area contributed by atoms with Gasteiger partial charge in [-0.1, -0.05) is 54.1 Å². The minimum atomic E-state index is -4.09. The van der Waals surface area contributed by atoms with Crippen molar-refractivity contribution in [1.82, 2.24) is 10.2 Å². The zero-order chi connectivity index (χ0) is 28.0. The summed E-state index contributed by atoms with van der Waals surface area (Å²) in [6, 6.07) is 18.8. The fraction of sp³-hybridized carbons (Fsp3) is 0.333. The molecule has 1 N–H and O–H groups in total. The van der Waals surface area contributed by atoms with E-state index in [9.17, 15) is 18.0 Å². The van der Waals surface area contributed by atoms with Gasteiger partial charge in [-0.15, -0.1) is 0 Å². The molecule has 202 valence electrons. The van der Waals surface area contributed by atoms with E-state index in [0.29, 0.717) is 12.2 Å². The second-order valence-electron chi connectivity index (χ2n) is 9.56. The molecule has 3 aromatic rings. The molecule has 0 aliphatic rings. The van der Waals surface area contributed by atoms with Crippen LogP contribution in [0.3, 0.4) is 0 Å². The topological polar surface area (TPSA) is 86.8 Å². The second kappa shape index (κ2) is 12.3. The van der Waals surface area contributed by atoms with Crippen molar-refractivity contribution in [3.8, 4) is 0 Å². The maximum Gasteiger partial charge on any atom is 0.264 e. The highest BCUT2D eigenvalue weighted by molar-refractivity contribution is 7.92. The molecule has 0 spiro atoms. The number of nitrogens with zero attached hydrogens (tertiary/aromatic N) is 2. The van der Waals surface area contributed by atoms with E-state index >= 15 is 0 Å². The van der Waals surface area contributed by atoms with Crippen LogP contribution in [0.4, 0.5) is 5.69 Å². The summed E-state index contributed by atoms with van der Waals surface area (Å²) < 4.78 is 29.1. The number of likely N-dealkylation sites (N-methyl/N-ethyl adjacent to an activating group) is 1. The number of hydrogen-bond acceptors (Lipinski definition) is 4. The van der Waals surface area contributed by atoms with E-state index in [1.807, 2.05) is 65.0 Å². The van der Waals surface area contributed by atoms with Gasteiger partial charge in [0, 0.05) is 13.1 Å². The summed E-state index contributed by atoms with van der Waals surface area (Å²) in [5.41, 5.74) is 4.90. The van der Waals surface area contributed by atoms with Crippen LogP contribution in [0.5, 0.6) is 0 Å². The summed E-state index contributed by atoms with van der Waals surface area (Å²) in [6.07, 6.45) is 0. The Kier molecular flexibility index (Phi) is 9.33. The normalized spacial score (nSPS) is 12.1. The Hall–Kier alpha value is -3.65. The Morgan fingerprint density at radius 2 is 1.50 bits per heavy atom. The van der Waals surface area contributed by atoms with Crippen LogP contribution in [0.15, 0.2) is 71.6 Å². The number of hydrogen-bond donors (Lipinski definition) is 1. The predicted molar refractivity (Wildman–Crippen MR) is 152 cm³/mol. The molecule has 3 aromatic carbocycles. The molecule has 0 radical (unpaired) electrons. The van der Waals surface area contributed by atoms with Crippen LogP contribution in [0, 0.1) is 27.7 Å². The van der Waals surface area contributed by atoms with Gasteiger partial charge in [0.25, 0.3) is 10.0 Å². The van der Waals surface area contributed by atoms with Gasteiger partial charge < -0.3 is 10.2 Å². The predicted octanol–water partition coefficient (Wildman–Crippen LogP) is 4.67. The van der Waals surface area contributed by atoms with Gasteiger partial charge in [0.05, 0.1) is 10.6 Å². The van der Waals surface area contributed by atoms with Crippen LogP contribution in [-0.2, 0) is 26.2 Å². The van der Waals surface area contributed by atoms with E-state index < -0.39 is 28.5 Å². The summed E-state index contributed by atoms with van der Waals surface area (Å²) in [5, 5.41) is 2.78. The lowest BCUT2D eigenvalue weighted by molar-refractivity contribution is -0.139. The molecule has 0 unspecified atom stereocenters. The Labute approximate surface area is 226 Å². The second-order valence-corrected chi connectivity index (χ2v) is 11.4. The van der Waals surface area contributed by atoms with Crippen molar-refractivity contribution in [2.75, 3.05) is 17.4 Å². The monoisotopic (exact) mass is 535 g/mol. The van der Waals surface area contributed by atoms with Crippen LogP contribution in [-0.4, -0.2) is 44.3 Å². The third-order valence-corrected chi connectivity index (χ3v) is 8.63. The van der Waals surface area contributed by atoms with Crippen LogP contribution in [0.1, 0.15) is 41.7 Å². The lowest BCUT2D eigenvalue weighted by Gasteiger charge is -2.33. The number of carbonyl (C=O) groups excluding carboxylic acids is 2. The van der Waals surface area contributed by atoms with Gasteiger partial charge in [-0.05, 0) is 82.0 Å². The molecule has 2 amide bonds. The smallest absolute Gasteiger partial charge is 0.264 e. The Balaban J connectivity index is 2.09. The van der Waals surface area contributed by atoms with Gasteiger partial charge in [0.1, 0.15) is 12.6 Å². The van der Waals surface area contributed by atoms with E-state index in [1.165, 1.54) is 4.90 Å². The number of amides is 2. The molecule has 7 nitrogen and oxygen atoms in total. The fourth-order valence-corrected chi connectivity index (χ4v) is 5.70. The maximum atomic E-state index is 14.0. The molecular formula is C30H37N3O4S. The Morgan fingerprint density at radius 1 is 0.868 bits per heavy atom. The number of nitrogens with one attached hydrogen (secondary N) is 1. The highest BCUT2D eigenvalue weighted by Crippen LogP contribution is 2.29. The Bertz CT molecular complexity index is 1400. The molecule has 0 saturated carbocycles. The first-order chi connectivity index (χ1) is 18.0. The van der Waals surface area contributed by atoms with Crippen LogP contribution >= 0.6 is 0 Å². The molecule has 0 aliphatic carbocycles. The molecule has 38 heavy (non-hydrogen) atoms. The van der Waals surface area contributed by atoms with Crippen LogP contribution in [0.2, 0.25) is 0 Å². The zero-order valence-electron chi connectivity index (χ0n) is 23.0. The zero-order valence-corrected chi connectivity index (χ0v) is 23.8. The van der Waals surface area contributed by atoms with Crippen molar-refractivity contribution in [2.24, 2.45) is 0 Å². The molecule has 3 rings (SSSR count). The summed E-state index contributed by atoms with van der Waals surface area (Å²) in [5.74, 6) is -0.766. The van der Waals surface area contributed by atoms with Crippen molar-refractivity contribution in [3.63, 3.8) is 0 Å². The van der Waals surface area contributed by atoms with Crippen molar-refractivity contribution in [3.05, 3.63) is 94.5 Å². The number of benzene rings is 3. The van der Waals surface area contributed by atoms with Crippen molar-refractivity contribution < 1.29 is 18.0 Å². The highest BCUT2D eigenvalue weighted by atomic mass is 32.2. The first kappa shape index (κ1) is 28.9. The molecule has 0 aliphatic heterocycles. The molecule has 0 heterocycles. The Morgan fingerprint density at radius 3 is 2.13 bits per heavy atom. The quantitative estimate of drug-likeness (QED) is 0.409. The molecule has 0 saturated heterocycles. The standard InChI is InChI=1S/C30H37N3O4S/c1-7-31-30(35)25(6)32(19-26-13-9-8-11-23(26)4)29(34)20-33(28-14-10-12-22(3)24(28)5)38(36,37)27-17-15-21(2)16-18-27/h8-18,25H,7,19-20H2,1-6H3,(H,31,35)/t25-/m1/s1. The molecule has 1 atom stereocenters. The van der Waals surface area contributed by atoms with Crippen molar-refractivity contribution in [1.29, 1.82) is 0 Å². The van der Waals surface area contributed by atoms with E-state index in [4.69, 9.17) is 0 Å². The van der Waals surface area contributed by atoms with Gasteiger partial charge in [-0.2, -0.15) is 0 Å². The van der Waals surface area contributed by atoms with Gasteiger partial charge in [-0.3, -0.25) is 13.9 Å². The van der Waals surface area contributed by atoms with E-state index in [0.717, 1.165) is 32.1 Å². The first-order valence-corrected chi connectivity index (χ1v) is 14.2. The molecule has 0 aromatic heterocycles. The van der Waals surface area contributed by atoms with E-state index in [1.54, 1.807) is 43.3 Å². The van der Waals surface area contributed by atoms with Crippen LogP contribution < -0.4 is 9.62 Å². The lowest BCUT2D eigenvalue weighted by Crippen LogP contribution is -2.51. The minimum absolute atomic E-state index is 0.0963. The summed E-state index contributed by atoms with van der Waals surface area (Å²) >= 11 is 0. The molecule has 0 fully saturated rings. The van der Waals surface area contributed by atoms with Gasteiger partial charge in [-0.25, -0.2) is 8.42 Å². The molecule has 0 bridgehead atoms. The van der Waals surface area contributed by atoms with Crippen molar-refractivity contribution in [2.45, 2.75) is 59.0 Å². The van der Waals surface area contributed by atoms with Gasteiger partial charge >= 0.3 is 0 Å². The summed E-state index contributed by atoms with van der Waals surface area (Å²) in [6.45, 7) is 11.2. The van der Waals surface area contributed by atoms with E-state index in [-0.39, 0.29) is 17.3 Å². The average molecular weight is 536 g/mol. The highest BCUT2D eigenvalue weighted by Gasteiger charge is 2.33. The number of rotatable bonds is 10. The van der Waals surface area contributed by atoms with Gasteiger partial charge in [0.2, 0.25) is 11.8 Å². The SMILES string of the molecule is CCNC(=O)[C@@H](C)N(Cc1ccccc1C)C(=O)CN(c1cccc(C)c1C)S(=O)(=O)c1ccc(C)cc1. The minimum Gasteiger partial charge on any atom is -0.355 e. The van der Waals surface area contributed by atoms with E-state index in [2.05, 4.69) is 5.32 Å². The first-order valence-electron chi connectivity index (χ1n) is 12.7. The number of carbonyl (C=O) groups is 2. The average Bonchev–Trinajstić information content (AvgIpc) is 2.88.